The molecule has 0 radical (unpaired) electrons. The molecule has 35 heavy (non-hydrogen) atoms. The van der Waals surface area contributed by atoms with Gasteiger partial charge in [-0.3, -0.25) is 9.59 Å². The van der Waals surface area contributed by atoms with Gasteiger partial charge in [-0.1, -0.05) is 19.9 Å². The summed E-state index contributed by atoms with van der Waals surface area (Å²) in [7, 11) is 0. The van der Waals surface area contributed by atoms with Gasteiger partial charge in [-0.15, -0.1) is 0 Å². The summed E-state index contributed by atoms with van der Waals surface area (Å²) >= 11 is 0. The van der Waals surface area contributed by atoms with E-state index < -0.39 is 17.7 Å². The summed E-state index contributed by atoms with van der Waals surface area (Å²) in [4.78, 5) is 27.6. The van der Waals surface area contributed by atoms with Crippen molar-refractivity contribution in [1.82, 2.24) is 4.90 Å². The summed E-state index contributed by atoms with van der Waals surface area (Å²) in [5.74, 6) is 0.842. The number of Topliss-reactive ketones (excluding diaryl/α,β-unsaturated/α-hetero) is 1. The van der Waals surface area contributed by atoms with E-state index in [1.807, 2.05) is 6.07 Å². The Bertz CT molecular complexity index is 1280. The molecule has 8 nitrogen and oxygen atoms in total. The summed E-state index contributed by atoms with van der Waals surface area (Å²) in [5, 5.41) is 11.2. The number of furan rings is 1. The van der Waals surface area contributed by atoms with Gasteiger partial charge in [-0.25, -0.2) is 0 Å². The third-order valence-corrected chi connectivity index (χ3v) is 5.85. The van der Waals surface area contributed by atoms with Crippen molar-refractivity contribution in [1.29, 1.82) is 0 Å². The average molecular weight is 475 g/mol. The SMILES string of the molecule is CC(C)COc1ccc(/C(O)=C2/C(=O)C(=O)N(Cc3ccc4c(c3)OCO4)C2c2ccco2)cc1. The van der Waals surface area contributed by atoms with E-state index in [0.29, 0.717) is 41.1 Å². The van der Waals surface area contributed by atoms with E-state index in [4.69, 9.17) is 18.6 Å². The van der Waals surface area contributed by atoms with Gasteiger partial charge in [0.05, 0.1) is 18.4 Å². The zero-order valence-corrected chi connectivity index (χ0v) is 19.4. The normalized spacial score (nSPS) is 18.5. The number of carbonyl (C=O) groups excluding carboxylic acids is 2. The van der Waals surface area contributed by atoms with E-state index in [0.717, 1.165) is 5.56 Å². The van der Waals surface area contributed by atoms with Crippen molar-refractivity contribution in [3.8, 4) is 17.2 Å². The van der Waals surface area contributed by atoms with Crippen LogP contribution in [-0.2, 0) is 16.1 Å². The second kappa shape index (κ2) is 9.21. The van der Waals surface area contributed by atoms with Crippen LogP contribution in [0, 0.1) is 5.92 Å². The van der Waals surface area contributed by atoms with Crippen molar-refractivity contribution >= 4 is 17.4 Å². The van der Waals surface area contributed by atoms with Crippen LogP contribution in [0.2, 0.25) is 0 Å². The van der Waals surface area contributed by atoms with Gasteiger partial charge >= 0.3 is 0 Å². The lowest BCUT2D eigenvalue weighted by atomic mass is 9.99. The Kier molecular flexibility index (Phi) is 5.94. The van der Waals surface area contributed by atoms with Crippen molar-refractivity contribution in [2.75, 3.05) is 13.4 Å². The number of hydrogen-bond donors (Lipinski definition) is 1. The maximum Gasteiger partial charge on any atom is 0.296 e. The quantitative estimate of drug-likeness (QED) is 0.301. The van der Waals surface area contributed by atoms with Gasteiger partial charge in [0, 0.05) is 12.1 Å². The number of ether oxygens (including phenoxy) is 3. The van der Waals surface area contributed by atoms with E-state index in [1.165, 1.54) is 11.2 Å². The monoisotopic (exact) mass is 475 g/mol. The van der Waals surface area contributed by atoms with E-state index in [9.17, 15) is 14.7 Å². The molecule has 1 N–H and O–H groups in total. The van der Waals surface area contributed by atoms with Crippen LogP contribution in [0.4, 0.5) is 0 Å². The molecule has 0 bridgehead atoms. The molecule has 0 spiro atoms. The van der Waals surface area contributed by atoms with Crippen molar-refractivity contribution in [2.45, 2.75) is 26.4 Å². The molecule has 1 saturated heterocycles. The zero-order chi connectivity index (χ0) is 24.5. The molecule has 3 aromatic rings. The smallest absolute Gasteiger partial charge is 0.296 e. The highest BCUT2D eigenvalue weighted by Crippen LogP contribution is 2.41. The lowest BCUT2D eigenvalue weighted by molar-refractivity contribution is -0.140. The summed E-state index contributed by atoms with van der Waals surface area (Å²) in [6.45, 7) is 4.92. The van der Waals surface area contributed by atoms with Crippen LogP contribution in [0.25, 0.3) is 5.76 Å². The Hall–Kier alpha value is -4.20. The fourth-order valence-electron chi connectivity index (χ4n) is 4.15. The second-order valence-electron chi connectivity index (χ2n) is 8.86. The zero-order valence-electron chi connectivity index (χ0n) is 19.4. The van der Waals surface area contributed by atoms with Crippen LogP contribution in [0.5, 0.6) is 17.2 Å². The number of hydrogen-bond acceptors (Lipinski definition) is 7. The number of aliphatic hydroxyl groups is 1. The highest BCUT2D eigenvalue weighted by atomic mass is 16.7. The molecule has 1 atom stereocenters. The van der Waals surface area contributed by atoms with Crippen molar-refractivity contribution < 1.29 is 33.3 Å². The number of likely N-dealkylation sites (tertiary alicyclic amines) is 1. The minimum atomic E-state index is -0.882. The van der Waals surface area contributed by atoms with Gasteiger partial charge in [0.25, 0.3) is 11.7 Å². The molecule has 3 heterocycles. The minimum absolute atomic E-state index is 0.0263. The first-order valence-corrected chi connectivity index (χ1v) is 11.4. The summed E-state index contributed by atoms with van der Waals surface area (Å²) in [6.07, 6.45) is 1.47. The Labute approximate surface area is 202 Å². The largest absolute Gasteiger partial charge is 0.507 e. The predicted molar refractivity (Wildman–Crippen MR) is 126 cm³/mol. The first-order valence-electron chi connectivity index (χ1n) is 11.4. The number of aliphatic hydroxyl groups excluding tert-OH is 1. The van der Waals surface area contributed by atoms with Gasteiger partial charge in [-0.2, -0.15) is 0 Å². The van der Waals surface area contributed by atoms with Crippen molar-refractivity contribution in [2.24, 2.45) is 5.92 Å². The molecule has 1 unspecified atom stereocenters. The fraction of sp³-hybridized carbons (Fsp3) is 0.259. The molecular weight excluding hydrogens is 450 g/mol. The first kappa shape index (κ1) is 22.6. The van der Waals surface area contributed by atoms with Crippen LogP contribution in [0.3, 0.4) is 0 Å². The van der Waals surface area contributed by atoms with Crippen LogP contribution in [0.15, 0.2) is 70.9 Å². The highest BCUT2D eigenvalue weighted by molar-refractivity contribution is 6.46. The number of ketones is 1. The molecule has 0 aliphatic carbocycles. The van der Waals surface area contributed by atoms with Crippen LogP contribution in [-0.4, -0.2) is 35.1 Å². The lowest BCUT2D eigenvalue weighted by Crippen LogP contribution is -2.29. The van der Waals surface area contributed by atoms with Crippen LogP contribution in [0.1, 0.15) is 36.8 Å². The van der Waals surface area contributed by atoms with Gasteiger partial charge in [0.1, 0.15) is 23.3 Å². The average Bonchev–Trinajstić information content (AvgIpc) is 3.60. The minimum Gasteiger partial charge on any atom is -0.507 e. The van der Waals surface area contributed by atoms with Crippen molar-refractivity contribution in [3.05, 3.63) is 83.3 Å². The Morgan fingerprint density at radius 2 is 1.86 bits per heavy atom. The summed E-state index contributed by atoms with van der Waals surface area (Å²) in [5.41, 5.74) is 1.13. The molecule has 2 aromatic carbocycles. The number of fused-ring (bicyclic) bond motifs is 1. The van der Waals surface area contributed by atoms with Crippen LogP contribution >= 0.6 is 0 Å². The summed E-state index contributed by atoms with van der Waals surface area (Å²) < 4.78 is 22.1. The highest BCUT2D eigenvalue weighted by Gasteiger charge is 2.47. The predicted octanol–water partition coefficient (Wildman–Crippen LogP) is 4.67. The molecule has 1 amide bonds. The number of benzene rings is 2. The molecular formula is C27H25NO7. The Morgan fingerprint density at radius 3 is 2.57 bits per heavy atom. The molecule has 0 saturated carbocycles. The van der Waals surface area contributed by atoms with Crippen molar-refractivity contribution in [3.63, 3.8) is 0 Å². The summed E-state index contributed by atoms with van der Waals surface area (Å²) in [6, 6.07) is 14.6. The molecule has 5 rings (SSSR count). The maximum atomic E-state index is 13.1. The van der Waals surface area contributed by atoms with Gasteiger partial charge in [-0.05, 0) is 60.0 Å². The standard InChI is InChI=1S/C27H25NO7/c1-16(2)14-33-19-8-6-18(7-9-19)25(29)23-24(21-4-3-11-32-21)28(27(31)26(23)30)13-17-5-10-20-22(12-17)35-15-34-20/h3-12,16,24,29H,13-15H2,1-2H3/b25-23-. The Morgan fingerprint density at radius 1 is 1.09 bits per heavy atom. The van der Waals surface area contributed by atoms with Crippen LogP contribution < -0.4 is 14.2 Å². The molecule has 1 aromatic heterocycles. The lowest BCUT2D eigenvalue weighted by Gasteiger charge is -2.23. The molecule has 2 aliphatic heterocycles. The third-order valence-electron chi connectivity index (χ3n) is 5.85. The molecule has 1 fully saturated rings. The first-order chi connectivity index (χ1) is 16.9. The Balaban J connectivity index is 1.49. The topological polar surface area (TPSA) is 98.4 Å². The molecule has 8 heteroatoms. The third kappa shape index (κ3) is 4.35. The van der Waals surface area contributed by atoms with E-state index in [2.05, 4.69) is 13.8 Å². The second-order valence-corrected chi connectivity index (χ2v) is 8.86. The van der Waals surface area contributed by atoms with Gasteiger partial charge in [0.2, 0.25) is 6.79 Å². The van der Waals surface area contributed by atoms with Gasteiger partial charge < -0.3 is 28.6 Å². The molecule has 180 valence electrons. The number of rotatable bonds is 7. The van der Waals surface area contributed by atoms with E-state index >= 15 is 0 Å². The number of carbonyl (C=O) groups is 2. The van der Waals surface area contributed by atoms with E-state index in [-0.39, 0.29) is 24.7 Å². The number of nitrogens with zero attached hydrogens (tertiary/aromatic N) is 1. The molecule has 2 aliphatic rings. The van der Waals surface area contributed by atoms with Gasteiger partial charge in [0.15, 0.2) is 11.5 Å². The fourth-order valence-corrected chi connectivity index (χ4v) is 4.15. The van der Waals surface area contributed by atoms with E-state index in [1.54, 1.807) is 48.5 Å². The number of amides is 1. The maximum absolute atomic E-state index is 13.1.